The van der Waals surface area contributed by atoms with Crippen LogP contribution in [0.5, 0.6) is 5.75 Å². The van der Waals surface area contributed by atoms with Gasteiger partial charge in [0.25, 0.3) is 0 Å². The van der Waals surface area contributed by atoms with Crippen LogP contribution in [0.1, 0.15) is 26.3 Å². The van der Waals surface area contributed by atoms with Crippen LogP contribution in [0.25, 0.3) is 0 Å². The summed E-state index contributed by atoms with van der Waals surface area (Å²) >= 11 is 0. The number of likely N-dealkylation sites (N-methyl/N-ethyl adjacent to an activating group) is 1. The van der Waals surface area contributed by atoms with E-state index in [0.717, 1.165) is 13.1 Å². The number of halogens is 1. The zero-order chi connectivity index (χ0) is 12.8. The second kappa shape index (κ2) is 6.60. The maximum absolute atomic E-state index is 13.4. The normalized spacial score (nSPS) is 12.8. The molecule has 17 heavy (non-hydrogen) atoms. The standard InChI is InChI=1S/C14H22FNO/c1-5-16-9-14(10(2)3)17-12-7-6-11(4)13(15)8-12/h6-8,10,14,16H,5,9H2,1-4H3. The van der Waals surface area contributed by atoms with Crippen molar-refractivity contribution in [2.24, 2.45) is 5.92 Å². The van der Waals surface area contributed by atoms with E-state index in [0.29, 0.717) is 17.2 Å². The van der Waals surface area contributed by atoms with Gasteiger partial charge >= 0.3 is 0 Å². The molecule has 3 heteroatoms. The summed E-state index contributed by atoms with van der Waals surface area (Å²) in [5.41, 5.74) is 0.644. The van der Waals surface area contributed by atoms with Crippen LogP contribution in [-0.2, 0) is 0 Å². The van der Waals surface area contributed by atoms with Crippen molar-refractivity contribution in [2.75, 3.05) is 13.1 Å². The Morgan fingerprint density at radius 1 is 1.35 bits per heavy atom. The first kappa shape index (κ1) is 14.0. The van der Waals surface area contributed by atoms with Gasteiger partial charge in [-0.15, -0.1) is 0 Å². The summed E-state index contributed by atoms with van der Waals surface area (Å²) in [6, 6.07) is 5.02. The average Bonchev–Trinajstić information content (AvgIpc) is 2.28. The molecule has 96 valence electrons. The molecule has 1 N–H and O–H groups in total. The SMILES string of the molecule is CCNCC(Oc1ccc(C)c(F)c1)C(C)C. The van der Waals surface area contributed by atoms with Gasteiger partial charge in [-0.25, -0.2) is 4.39 Å². The van der Waals surface area contributed by atoms with E-state index in [2.05, 4.69) is 26.1 Å². The smallest absolute Gasteiger partial charge is 0.129 e. The summed E-state index contributed by atoms with van der Waals surface area (Å²) in [5.74, 6) is 0.775. The lowest BCUT2D eigenvalue weighted by atomic mass is 10.1. The molecule has 1 aromatic carbocycles. The fraction of sp³-hybridized carbons (Fsp3) is 0.571. The molecule has 1 rings (SSSR count). The van der Waals surface area contributed by atoms with Crippen molar-refractivity contribution in [1.82, 2.24) is 5.32 Å². The minimum Gasteiger partial charge on any atom is -0.489 e. The first-order valence-corrected chi connectivity index (χ1v) is 6.18. The Hall–Kier alpha value is -1.09. The maximum atomic E-state index is 13.4. The molecule has 0 aromatic heterocycles. The Balaban J connectivity index is 2.68. The molecule has 0 saturated carbocycles. The number of nitrogens with one attached hydrogen (secondary N) is 1. The summed E-state index contributed by atoms with van der Waals surface area (Å²) in [7, 11) is 0. The second-order valence-corrected chi connectivity index (χ2v) is 4.62. The minimum atomic E-state index is -0.214. The molecule has 0 aliphatic rings. The van der Waals surface area contributed by atoms with E-state index >= 15 is 0 Å². The molecule has 0 aliphatic carbocycles. The monoisotopic (exact) mass is 239 g/mol. The fourth-order valence-corrected chi connectivity index (χ4v) is 1.52. The third kappa shape index (κ3) is 4.35. The average molecular weight is 239 g/mol. The Bertz CT molecular complexity index is 352. The molecular weight excluding hydrogens is 217 g/mol. The predicted octanol–water partition coefficient (Wildman–Crippen LogP) is 3.15. The van der Waals surface area contributed by atoms with Crippen LogP contribution in [0.15, 0.2) is 18.2 Å². The first-order chi connectivity index (χ1) is 8.04. The zero-order valence-electron chi connectivity index (χ0n) is 11.1. The highest BCUT2D eigenvalue weighted by Gasteiger charge is 2.15. The lowest BCUT2D eigenvalue weighted by molar-refractivity contribution is 0.149. The molecule has 0 saturated heterocycles. The Morgan fingerprint density at radius 3 is 2.59 bits per heavy atom. The number of ether oxygens (including phenoxy) is 1. The van der Waals surface area contributed by atoms with Crippen LogP contribution >= 0.6 is 0 Å². The molecule has 1 unspecified atom stereocenters. The van der Waals surface area contributed by atoms with Crippen molar-refractivity contribution in [3.8, 4) is 5.75 Å². The number of aryl methyl sites for hydroxylation is 1. The molecule has 0 bridgehead atoms. The van der Waals surface area contributed by atoms with Gasteiger partial charge in [0.15, 0.2) is 0 Å². The van der Waals surface area contributed by atoms with Crippen molar-refractivity contribution in [1.29, 1.82) is 0 Å². The lowest BCUT2D eigenvalue weighted by Gasteiger charge is -2.23. The molecule has 0 radical (unpaired) electrons. The maximum Gasteiger partial charge on any atom is 0.129 e. The molecule has 1 aromatic rings. The van der Waals surface area contributed by atoms with E-state index < -0.39 is 0 Å². The zero-order valence-corrected chi connectivity index (χ0v) is 11.1. The molecule has 0 amide bonds. The van der Waals surface area contributed by atoms with E-state index in [-0.39, 0.29) is 11.9 Å². The Labute approximate surface area is 103 Å². The van der Waals surface area contributed by atoms with Gasteiger partial charge in [-0.1, -0.05) is 26.8 Å². The van der Waals surface area contributed by atoms with Gasteiger partial charge in [0.2, 0.25) is 0 Å². The van der Waals surface area contributed by atoms with Gasteiger partial charge < -0.3 is 10.1 Å². The number of benzene rings is 1. The molecule has 0 aliphatic heterocycles. The highest BCUT2D eigenvalue weighted by atomic mass is 19.1. The molecule has 0 heterocycles. The molecule has 1 atom stereocenters. The van der Waals surface area contributed by atoms with Crippen molar-refractivity contribution >= 4 is 0 Å². The first-order valence-electron chi connectivity index (χ1n) is 6.18. The van der Waals surface area contributed by atoms with Crippen molar-refractivity contribution < 1.29 is 9.13 Å². The van der Waals surface area contributed by atoms with Crippen LogP contribution in [-0.4, -0.2) is 19.2 Å². The molecule has 0 spiro atoms. The van der Waals surface area contributed by atoms with Crippen LogP contribution in [0.4, 0.5) is 4.39 Å². The molecular formula is C14H22FNO. The fourth-order valence-electron chi connectivity index (χ4n) is 1.52. The van der Waals surface area contributed by atoms with Crippen LogP contribution in [0.2, 0.25) is 0 Å². The number of hydrogen-bond donors (Lipinski definition) is 1. The van der Waals surface area contributed by atoms with Gasteiger partial charge in [-0.05, 0) is 31.0 Å². The summed E-state index contributed by atoms with van der Waals surface area (Å²) in [4.78, 5) is 0. The van der Waals surface area contributed by atoms with Crippen LogP contribution in [0, 0.1) is 18.7 Å². The van der Waals surface area contributed by atoms with Crippen LogP contribution < -0.4 is 10.1 Å². The third-order valence-electron chi connectivity index (χ3n) is 2.77. The molecule has 2 nitrogen and oxygen atoms in total. The quantitative estimate of drug-likeness (QED) is 0.823. The summed E-state index contributed by atoms with van der Waals surface area (Å²) < 4.78 is 19.2. The van der Waals surface area contributed by atoms with Gasteiger partial charge in [0.1, 0.15) is 17.7 Å². The number of rotatable bonds is 6. The third-order valence-corrected chi connectivity index (χ3v) is 2.77. The van der Waals surface area contributed by atoms with Crippen molar-refractivity contribution in [3.63, 3.8) is 0 Å². The lowest BCUT2D eigenvalue weighted by Crippen LogP contribution is -2.35. The topological polar surface area (TPSA) is 21.3 Å². The Kier molecular flexibility index (Phi) is 5.42. The largest absolute Gasteiger partial charge is 0.489 e. The Morgan fingerprint density at radius 2 is 2.06 bits per heavy atom. The predicted molar refractivity (Wildman–Crippen MR) is 68.9 cm³/mol. The van der Waals surface area contributed by atoms with E-state index in [1.807, 2.05) is 6.07 Å². The second-order valence-electron chi connectivity index (χ2n) is 4.62. The van der Waals surface area contributed by atoms with Crippen molar-refractivity contribution in [3.05, 3.63) is 29.6 Å². The van der Waals surface area contributed by atoms with Gasteiger partial charge in [0.05, 0.1) is 0 Å². The van der Waals surface area contributed by atoms with Gasteiger partial charge in [-0.3, -0.25) is 0 Å². The van der Waals surface area contributed by atoms with Crippen molar-refractivity contribution in [2.45, 2.75) is 33.8 Å². The minimum absolute atomic E-state index is 0.0667. The van der Waals surface area contributed by atoms with E-state index in [9.17, 15) is 4.39 Å². The van der Waals surface area contributed by atoms with E-state index in [1.165, 1.54) is 6.07 Å². The summed E-state index contributed by atoms with van der Waals surface area (Å²) in [6.07, 6.45) is 0.0667. The molecule has 0 fully saturated rings. The summed E-state index contributed by atoms with van der Waals surface area (Å²) in [5, 5.41) is 3.26. The highest BCUT2D eigenvalue weighted by molar-refractivity contribution is 5.28. The summed E-state index contributed by atoms with van der Waals surface area (Å²) in [6.45, 7) is 9.71. The van der Waals surface area contributed by atoms with Crippen LogP contribution in [0.3, 0.4) is 0 Å². The highest BCUT2D eigenvalue weighted by Crippen LogP contribution is 2.19. The van der Waals surface area contributed by atoms with Gasteiger partial charge in [-0.2, -0.15) is 0 Å². The van der Waals surface area contributed by atoms with E-state index in [1.54, 1.807) is 13.0 Å². The van der Waals surface area contributed by atoms with E-state index in [4.69, 9.17) is 4.74 Å². The van der Waals surface area contributed by atoms with Gasteiger partial charge in [0, 0.05) is 12.6 Å². The number of hydrogen-bond acceptors (Lipinski definition) is 2.